The summed E-state index contributed by atoms with van der Waals surface area (Å²) in [5.41, 5.74) is 7.93. The summed E-state index contributed by atoms with van der Waals surface area (Å²) < 4.78 is 0. The van der Waals surface area contributed by atoms with Crippen LogP contribution < -0.4 is 5.73 Å². The fourth-order valence-corrected chi connectivity index (χ4v) is 3.41. The first-order valence-electron chi connectivity index (χ1n) is 6.29. The Bertz CT molecular complexity index is 362. The molecule has 0 aromatic heterocycles. The van der Waals surface area contributed by atoms with E-state index in [-0.39, 0.29) is 5.54 Å². The molecule has 2 unspecified atom stereocenters. The standard InChI is InChI=1S/C14H20N2/c15-14-7-6-13(8-14)10-16(11-14)9-12-4-2-1-3-5-12/h1-5,13H,6-11,15H2. The molecule has 2 atom stereocenters. The molecule has 86 valence electrons. The van der Waals surface area contributed by atoms with E-state index in [1.807, 2.05) is 0 Å². The van der Waals surface area contributed by atoms with Crippen LogP contribution in [0.4, 0.5) is 0 Å². The highest BCUT2D eigenvalue weighted by Crippen LogP contribution is 2.38. The molecule has 1 saturated carbocycles. The molecule has 2 aliphatic rings. The van der Waals surface area contributed by atoms with Gasteiger partial charge in [0.25, 0.3) is 0 Å². The van der Waals surface area contributed by atoms with Crippen LogP contribution in [0.3, 0.4) is 0 Å². The molecule has 2 fully saturated rings. The number of nitrogens with two attached hydrogens (primary N) is 1. The Balaban J connectivity index is 1.69. The lowest BCUT2D eigenvalue weighted by Crippen LogP contribution is -2.52. The predicted molar refractivity (Wildman–Crippen MR) is 66.0 cm³/mol. The molecule has 2 heteroatoms. The van der Waals surface area contributed by atoms with Gasteiger partial charge in [-0.2, -0.15) is 0 Å². The van der Waals surface area contributed by atoms with Crippen LogP contribution in [0.2, 0.25) is 0 Å². The van der Waals surface area contributed by atoms with Gasteiger partial charge < -0.3 is 5.73 Å². The zero-order valence-corrected chi connectivity index (χ0v) is 9.73. The summed E-state index contributed by atoms with van der Waals surface area (Å²) in [5.74, 6) is 0.850. The van der Waals surface area contributed by atoms with Gasteiger partial charge >= 0.3 is 0 Å². The number of benzene rings is 1. The average molecular weight is 216 g/mol. The van der Waals surface area contributed by atoms with Gasteiger partial charge in [-0.25, -0.2) is 0 Å². The van der Waals surface area contributed by atoms with Gasteiger partial charge in [0, 0.05) is 25.2 Å². The van der Waals surface area contributed by atoms with Crippen molar-refractivity contribution in [2.75, 3.05) is 13.1 Å². The summed E-state index contributed by atoms with van der Waals surface area (Å²) in [6.45, 7) is 3.39. The van der Waals surface area contributed by atoms with Crippen molar-refractivity contribution in [3.63, 3.8) is 0 Å². The normalized spacial score (nSPS) is 34.2. The van der Waals surface area contributed by atoms with Crippen molar-refractivity contribution in [2.45, 2.75) is 31.3 Å². The van der Waals surface area contributed by atoms with E-state index < -0.39 is 0 Å². The van der Waals surface area contributed by atoms with Gasteiger partial charge in [-0.1, -0.05) is 30.3 Å². The van der Waals surface area contributed by atoms with E-state index in [1.165, 1.54) is 31.4 Å². The molecule has 1 aromatic carbocycles. The van der Waals surface area contributed by atoms with E-state index in [1.54, 1.807) is 0 Å². The van der Waals surface area contributed by atoms with E-state index in [4.69, 9.17) is 5.73 Å². The number of hydrogen-bond donors (Lipinski definition) is 1. The first-order chi connectivity index (χ1) is 7.73. The summed E-state index contributed by atoms with van der Waals surface area (Å²) in [6.07, 6.45) is 3.81. The van der Waals surface area contributed by atoms with Gasteiger partial charge in [-0.15, -0.1) is 0 Å². The molecule has 3 rings (SSSR count). The summed E-state index contributed by atoms with van der Waals surface area (Å²) in [5, 5.41) is 0. The molecule has 1 saturated heterocycles. The number of likely N-dealkylation sites (tertiary alicyclic amines) is 1. The van der Waals surface area contributed by atoms with Crippen molar-refractivity contribution >= 4 is 0 Å². The molecule has 16 heavy (non-hydrogen) atoms. The summed E-state index contributed by atoms with van der Waals surface area (Å²) in [4.78, 5) is 2.54. The minimum atomic E-state index is 0.123. The van der Waals surface area contributed by atoms with Crippen LogP contribution in [0.5, 0.6) is 0 Å². The number of rotatable bonds is 2. The monoisotopic (exact) mass is 216 g/mol. The molecule has 2 N–H and O–H groups in total. The van der Waals surface area contributed by atoms with Gasteiger partial charge in [0.15, 0.2) is 0 Å². The maximum absolute atomic E-state index is 6.40. The van der Waals surface area contributed by atoms with Gasteiger partial charge in [0.2, 0.25) is 0 Å². The minimum absolute atomic E-state index is 0.123. The lowest BCUT2D eigenvalue weighted by Gasteiger charge is -2.37. The molecular weight excluding hydrogens is 196 g/mol. The smallest absolute Gasteiger partial charge is 0.0286 e. The first-order valence-corrected chi connectivity index (χ1v) is 6.29. The highest BCUT2D eigenvalue weighted by Gasteiger charge is 2.41. The highest BCUT2D eigenvalue weighted by atomic mass is 15.2. The zero-order chi connectivity index (χ0) is 11.0. The van der Waals surface area contributed by atoms with E-state index in [0.29, 0.717) is 0 Å². The molecular formula is C14H20N2. The van der Waals surface area contributed by atoms with Gasteiger partial charge in [-0.3, -0.25) is 4.90 Å². The Kier molecular flexibility index (Phi) is 2.49. The second-order valence-corrected chi connectivity index (χ2v) is 5.63. The van der Waals surface area contributed by atoms with Crippen molar-refractivity contribution in [1.82, 2.24) is 4.90 Å². The van der Waals surface area contributed by atoms with Crippen LogP contribution in [0.25, 0.3) is 0 Å². The molecule has 0 amide bonds. The van der Waals surface area contributed by atoms with Crippen LogP contribution in [-0.2, 0) is 6.54 Å². The van der Waals surface area contributed by atoms with Crippen molar-refractivity contribution in [1.29, 1.82) is 0 Å². The largest absolute Gasteiger partial charge is 0.324 e. The second kappa shape index (κ2) is 3.86. The molecule has 0 radical (unpaired) electrons. The Morgan fingerprint density at radius 1 is 1.31 bits per heavy atom. The fourth-order valence-electron chi connectivity index (χ4n) is 3.41. The van der Waals surface area contributed by atoms with Crippen LogP contribution in [0.1, 0.15) is 24.8 Å². The predicted octanol–water partition coefficient (Wildman–Crippen LogP) is 2.00. The third-order valence-electron chi connectivity index (χ3n) is 4.05. The molecule has 1 aliphatic carbocycles. The van der Waals surface area contributed by atoms with Gasteiger partial charge in [0.05, 0.1) is 0 Å². The topological polar surface area (TPSA) is 29.3 Å². The minimum Gasteiger partial charge on any atom is -0.324 e. The number of hydrogen-bond acceptors (Lipinski definition) is 2. The molecule has 2 bridgehead atoms. The van der Waals surface area contributed by atoms with E-state index >= 15 is 0 Å². The summed E-state index contributed by atoms with van der Waals surface area (Å²) in [6, 6.07) is 10.7. The lowest BCUT2D eigenvalue weighted by molar-refractivity contribution is 0.141. The van der Waals surface area contributed by atoms with Gasteiger partial charge in [0.1, 0.15) is 0 Å². The molecule has 1 aliphatic heterocycles. The Morgan fingerprint density at radius 2 is 2.12 bits per heavy atom. The molecule has 1 heterocycles. The van der Waals surface area contributed by atoms with Crippen molar-refractivity contribution in [3.05, 3.63) is 35.9 Å². The van der Waals surface area contributed by atoms with Crippen LogP contribution >= 0.6 is 0 Å². The fraction of sp³-hybridized carbons (Fsp3) is 0.571. The third-order valence-corrected chi connectivity index (χ3v) is 4.05. The van der Waals surface area contributed by atoms with Crippen molar-refractivity contribution < 1.29 is 0 Å². The summed E-state index contributed by atoms with van der Waals surface area (Å²) in [7, 11) is 0. The van der Waals surface area contributed by atoms with Gasteiger partial charge in [-0.05, 0) is 30.7 Å². The average Bonchev–Trinajstić information content (AvgIpc) is 2.54. The number of piperidine rings is 1. The maximum Gasteiger partial charge on any atom is 0.0286 e. The first kappa shape index (κ1) is 10.3. The second-order valence-electron chi connectivity index (χ2n) is 5.63. The third kappa shape index (κ3) is 2.00. The molecule has 2 nitrogen and oxygen atoms in total. The maximum atomic E-state index is 6.40. The molecule has 1 aromatic rings. The van der Waals surface area contributed by atoms with Crippen LogP contribution in [0, 0.1) is 5.92 Å². The highest BCUT2D eigenvalue weighted by molar-refractivity contribution is 5.15. The van der Waals surface area contributed by atoms with Crippen LogP contribution in [-0.4, -0.2) is 23.5 Å². The Labute approximate surface area is 97.4 Å². The summed E-state index contributed by atoms with van der Waals surface area (Å²) >= 11 is 0. The van der Waals surface area contributed by atoms with E-state index in [9.17, 15) is 0 Å². The quantitative estimate of drug-likeness (QED) is 0.819. The zero-order valence-electron chi connectivity index (χ0n) is 9.73. The number of fused-ring (bicyclic) bond motifs is 2. The van der Waals surface area contributed by atoms with E-state index in [0.717, 1.165) is 19.0 Å². The van der Waals surface area contributed by atoms with Crippen molar-refractivity contribution in [2.24, 2.45) is 11.7 Å². The Hall–Kier alpha value is -0.860. The SMILES string of the molecule is NC12CCC(CN(Cc3ccccc3)C1)C2. The van der Waals surface area contributed by atoms with E-state index in [2.05, 4.69) is 35.2 Å². The lowest BCUT2D eigenvalue weighted by atomic mass is 9.92. The van der Waals surface area contributed by atoms with Crippen LogP contribution in [0.15, 0.2) is 30.3 Å². The molecule has 0 spiro atoms. The Morgan fingerprint density at radius 3 is 2.88 bits per heavy atom. The number of nitrogens with zero attached hydrogens (tertiary/aromatic N) is 1. The van der Waals surface area contributed by atoms with Crippen molar-refractivity contribution in [3.8, 4) is 0 Å².